The van der Waals surface area contributed by atoms with E-state index < -0.39 is 29.5 Å². The van der Waals surface area contributed by atoms with Gasteiger partial charge in [0.2, 0.25) is 11.8 Å². The quantitative estimate of drug-likeness (QED) is 0.263. The van der Waals surface area contributed by atoms with E-state index in [1.54, 1.807) is 56.9 Å². The summed E-state index contributed by atoms with van der Waals surface area (Å²) in [5.74, 6) is -2.30. The van der Waals surface area contributed by atoms with Gasteiger partial charge in [0.25, 0.3) is 0 Å². The Labute approximate surface area is 240 Å². The molecule has 0 saturated carbocycles. The van der Waals surface area contributed by atoms with Crippen molar-refractivity contribution in [3.63, 3.8) is 0 Å². The van der Waals surface area contributed by atoms with Crippen LogP contribution in [0.25, 0.3) is 0 Å². The average molecular weight is 592 g/mol. The fourth-order valence-electron chi connectivity index (χ4n) is 3.81. The molecule has 3 amide bonds. The Morgan fingerprint density at radius 1 is 1.10 bits per heavy atom. The number of hydrogen-bond acceptors (Lipinski definition) is 9. The van der Waals surface area contributed by atoms with Gasteiger partial charge in [-0.1, -0.05) is 6.07 Å². The van der Waals surface area contributed by atoms with E-state index in [9.17, 15) is 24.0 Å². The van der Waals surface area contributed by atoms with Crippen LogP contribution in [0.3, 0.4) is 0 Å². The highest BCUT2D eigenvalue weighted by Gasteiger charge is 2.32. The lowest BCUT2D eigenvalue weighted by Crippen LogP contribution is -2.39. The molecule has 2 heterocycles. The van der Waals surface area contributed by atoms with Gasteiger partial charge in [-0.05, 0) is 57.9 Å². The fraction of sp³-hybridized carbons (Fsp3) is 0.444. The first kappa shape index (κ1) is 31.0. The molecule has 0 radical (unpaired) electrons. The van der Waals surface area contributed by atoms with Gasteiger partial charge in [0.05, 0.1) is 30.9 Å². The molecule has 40 heavy (non-hydrogen) atoms. The highest BCUT2D eigenvalue weighted by molar-refractivity contribution is 8.00. The van der Waals surface area contributed by atoms with E-state index in [-0.39, 0.29) is 37.7 Å². The number of carboxylic acids is 1. The molecule has 2 aromatic rings. The molecule has 0 aliphatic carbocycles. The maximum Gasteiger partial charge on any atom is 0.410 e. The monoisotopic (exact) mass is 591 g/mol. The van der Waals surface area contributed by atoms with Gasteiger partial charge in [0, 0.05) is 28.4 Å². The molecule has 3 rings (SSSR count). The van der Waals surface area contributed by atoms with Crippen molar-refractivity contribution in [1.82, 2.24) is 4.90 Å². The second-order valence-electron chi connectivity index (χ2n) is 9.89. The molecule has 0 spiro atoms. The predicted octanol–water partition coefficient (Wildman–Crippen LogP) is 4.75. The smallest absolute Gasteiger partial charge is 0.410 e. The molecule has 11 nitrogen and oxygen atoms in total. The van der Waals surface area contributed by atoms with Crippen molar-refractivity contribution in [2.45, 2.75) is 64.0 Å². The Hall–Kier alpha value is -3.58. The van der Waals surface area contributed by atoms with E-state index in [1.165, 1.54) is 23.1 Å². The van der Waals surface area contributed by atoms with E-state index in [0.29, 0.717) is 29.2 Å². The first-order valence-corrected chi connectivity index (χ1v) is 14.5. The number of hydrogen-bond donors (Lipinski definition) is 3. The first-order valence-electron chi connectivity index (χ1n) is 12.7. The van der Waals surface area contributed by atoms with Gasteiger partial charge < -0.3 is 30.1 Å². The van der Waals surface area contributed by atoms with Crippen LogP contribution in [-0.4, -0.2) is 64.4 Å². The van der Waals surface area contributed by atoms with Crippen LogP contribution in [0.2, 0.25) is 0 Å². The van der Waals surface area contributed by atoms with Gasteiger partial charge >= 0.3 is 18.0 Å². The number of carbonyl (C=O) groups excluding carboxylic acids is 4. The number of carboxylic acid groups (broad SMARTS) is 1. The van der Waals surface area contributed by atoms with Crippen LogP contribution in [0.15, 0.2) is 29.2 Å². The highest BCUT2D eigenvalue weighted by atomic mass is 32.2. The minimum Gasteiger partial charge on any atom is -0.481 e. The third-order valence-corrected chi connectivity index (χ3v) is 7.62. The molecular weight excluding hydrogens is 558 g/mol. The number of nitrogens with one attached hydrogen (secondary N) is 2. The third-order valence-electron chi connectivity index (χ3n) is 5.49. The molecule has 13 heteroatoms. The largest absolute Gasteiger partial charge is 0.481 e. The van der Waals surface area contributed by atoms with Crippen LogP contribution in [0.5, 0.6) is 0 Å². The van der Waals surface area contributed by atoms with Gasteiger partial charge in [-0.15, -0.1) is 23.1 Å². The Kier molecular flexibility index (Phi) is 10.6. The van der Waals surface area contributed by atoms with Gasteiger partial charge in [-0.2, -0.15) is 0 Å². The number of fused-ring (bicyclic) bond motifs is 1. The number of ether oxygens (including phenoxy) is 2. The molecule has 0 saturated heterocycles. The molecule has 3 N–H and O–H groups in total. The van der Waals surface area contributed by atoms with E-state index in [2.05, 4.69) is 10.6 Å². The van der Waals surface area contributed by atoms with Crippen LogP contribution in [-0.2, 0) is 36.8 Å². The normalized spacial score (nSPS) is 12.8. The number of carbonyl (C=O) groups is 5. The Bertz CT molecular complexity index is 1290. The first-order chi connectivity index (χ1) is 18.9. The number of aliphatic carboxylic acids is 1. The maximum absolute atomic E-state index is 12.9. The van der Waals surface area contributed by atoms with Crippen LogP contribution in [0, 0.1) is 0 Å². The Balaban J connectivity index is 1.68. The van der Waals surface area contributed by atoms with Crippen molar-refractivity contribution in [1.29, 1.82) is 0 Å². The zero-order chi connectivity index (χ0) is 29.4. The van der Waals surface area contributed by atoms with E-state index in [4.69, 9.17) is 14.6 Å². The van der Waals surface area contributed by atoms with E-state index in [1.807, 2.05) is 0 Å². The van der Waals surface area contributed by atoms with Crippen molar-refractivity contribution >= 4 is 63.6 Å². The van der Waals surface area contributed by atoms with Crippen molar-refractivity contribution < 1.29 is 38.6 Å². The molecule has 0 bridgehead atoms. The molecular formula is C27H33N3O8S2. The molecule has 1 aliphatic rings. The van der Waals surface area contributed by atoms with E-state index >= 15 is 0 Å². The maximum atomic E-state index is 12.9. The summed E-state index contributed by atoms with van der Waals surface area (Å²) in [5, 5.41) is 14.6. The topological polar surface area (TPSA) is 151 Å². The van der Waals surface area contributed by atoms with Crippen molar-refractivity contribution in [2.24, 2.45) is 0 Å². The number of nitrogens with zero attached hydrogens (tertiary/aromatic N) is 1. The van der Waals surface area contributed by atoms with Gasteiger partial charge in [-0.25, -0.2) is 9.59 Å². The third kappa shape index (κ3) is 8.98. The van der Waals surface area contributed by atoms with Crippen LogP contribution in [0.1, 0.15) is 61.3 Å². The van der Waals surface area contributed by atoms with Gasteiger partial charge in [0.1, 0.15) is 10.6 Å². The molecule has 1 aromatic carbocycles. The summed E-state index contributed by atoms with van der Waals surface area (Å²) < 4.78 is 10.7. The van der Waals surface area contributed by atoms with E-state index in [0.717, 1.165) is 15.3 Å². The zero-order valence-electron chi connectivity index (χ0n) is 22.8. The summed E-state index contributed by atoms with van der Waals surface area (Å²) in [5.41, 5.74) is 0.934. The molecule has 0 fully saturated rings. The lowest BCUT2D eigenvalue weighted by Gasteiger charge is -2.30. The lowest BCUT2D eigenvalue weighted by atomic mass is 10.0. The standard InChI is InChI=1S/C27H33N3O8S2/c1-5-37-25(35)23-18-11-12-30(26(36)38-27(2,3)4)14-19(18)40-24(23)29-21(32)15-39-17-8-6-7-16(13-17)28-20(31)9-10-22(33)34/h6-8,13H,5,9-12,14-15H2,1-4H3,(H,28,31)(H,29,32)(H,33,34). The molecule has 216 valence electrons. The molecule has 0 unspecified atom stereocenters. The zero-order valence-corrected chi connectivity index (χ0v) is 24.5. The van der Waals surface area contributed by atoms with Crippen LogP contribution in [0.4, 0.5) is 15.5 Å². The SMILES string of the molecule is CCOC(=O)c1c(NC(=O)CSc2cccc(NC(=O)CCC(=O)O)c2)sc2c1CCN(C(=O)OC(C)(C)C)C2. The van der Waals surface area contributed by atoms with Crippen molar-refractivity contribution in [2.75, 3.05) is 29.5 Å². The number of amides is 3. The second-order valence-corrected chi connectivity index (χ2v) is 12.0. The second kappa shape index (κ2) is 13.7. The average Bonchev–Trinajstić information content (AvgIpc) is 3.22. The summed E-state index contributed by atoms with van der Waals surface area (Å²) in [6.45, 7) is 7.91. The summed E-state index contributed by atoms with van der Waals surface area (Å²) in [6.07, 6.45) is -0.418. The van der Waals surface area contributed by atoms with Gasteiger partial charge in [-0.3, -0.25) is 14.4 Å². The Morgan fingerprint density at radius 2 is 1.85 bits per heavy atom. The number of benzene rings is 1. The highest BCUT2D eigenvalue weighted by Crippen LogP contribution is 2.38. The summed E-state index contributed by atoms with van der Waals surface area (Å²) in [6, 6.07) is 6.86. The lowest BCUT2D eigenvalue weighted by molar-refractivity contribution is -0.138. The predicted molar refractivity (Wildman–Crippen MR) is 152 cm³/mol. The minimum atomic E-state index is -1.05. The molecule has 1 aliphatic heterocycles. The van der Waals surface area contributed by atoms with Crippen molar-refractivity contribution in [3.05, 3.63) is 40.3 Å². The summed E-state index contributed by atoms with van der Waals surface area (Å²) in [7, 11) is 0. The van der Waals surface area contributed by atoms with Crippen LogP contribution >= 0.6 is 23.1 Å². The molecule has 0 atom stereocenters. The summed E-state index contributed by atoms with van der Waals surface area (Å²) in [4.78, 5) is 64.0. The fourth-order valence-corrected chi connectivity index (χ4v) is 5.83. The van der Waals surface area contributed by atoms with Gasteiger partial charge in [0.15, 0.2) is 0 Å². The van der Waals surface area contributed by atoms with Crippen molar-refractivity contribution in [3.8, 4) is 0 Å². The number of anilines is 2. The summed E-state index contributed by atoms with van der Waals surface area (Å²) >= 11 is 2.48. The number of thioether (sulfide) groups is 1. The van der Waals surface area contributed by atoms with Crippen LogP contribution < -0.4 is 10.6 Å². The number of rotatable bonds is 10. The molecule has 1 aromatic heterocycles. The number of esters is 1. The minimum absolute atomic E-state index is 0.0330. The number of thiophene rings is 1. The Morgan fingerprint density at radius 3 is 2.52 bits per heavy atom.